The number of carbonyl (C=O) groups excluding carboxylic acids is 2. The predicted octanol–water partition coefficient (Wildman–Crippen LogP) is 1.17. The first kappa shape index (κ1) is 21.6. The molecule has 0 aromatic heterocycles. The van der Waals surface area contributed by atoms with Crippen LogP contribution in [-0.4, -0.2) is 50.7 Å². The average Bonchev–Trinajstić information content (AvgIpc) is 3.42. The number of amides is 2. The molecule has 2 aromatic carbocycles. The first-order valence-corrected chi connectivity index (χ1v) is 12.5. The van der Waals surface area contributed by atoms with E-state index in [9.17, 15) is 9.59 Å². The Hall–Kier alpha value is -2.95. The van der Waals surface area contributed by atoms with Crippen molar-refractivity contribution in [2.45, 2.75) is 28.8 Å². The van der Waals surface area contributed by atoms with Gasteiger partial charge in [-0.3, -0.25) is 20.2 Å². The summed E-state index contributed by atoms with van der Waals surface area (Å²) >= 11 is 1.83. The SMILES string of the molecule is O=C1NCNC12CCOc1cc3c(cc12)OCCO3.O=C1NCNC12CCSc1ccccc12. The Labute approximate surface area is 201 Å². The normalized spacial score (nSPS) is 28.2. The summed E-state index contributed by atoms with van der Waals surface area (Å²) in [7, 11) is 0. The Kier molecular flexibility index (Phi) is 5.31. The van der Waals surface area contributed by atoms with Crippen LogP contribution in [0.25, 0.3) is 0 Å². The second-order valence-electron chi connectivity index (χ2n) is 8.71. The van der Waals surface area contributed by atoms with Crippen LogP contribution in [0.3, 0.4) is 0 Å². The second-order valence-corrected chi connectivity index (χ2v) is 9.85. The van der Waals surface area contributed by atoms with Gasteiger partial charge in [0.05, 0.1) is 19.9 Å². The average molecular weight is 483 g/mol. The Morgan fingerprint density at radius 2 is 1.38 bits per heavy atom. The van der Waals surface area contributed by atoms with Gasteiger partial charge in [-0.1, -0.05) is 18.2 Å². The van der Waals surface area contributed by atoms with E-state index < -0.39 is 11.1 Å². The van der Waals surface area contributed by atoms with E-state index in [4.69, 9.17) is 14.2 Å². The van der Waals surface area contributed by atoms with E-state index in [1.165, 1.54) is 4.90 Å². The smallest absolute Gasteiger partial charge is 0.246 e. The van der Waals surface area contributed by atoms with Crippen LogP contribution < -0.4 is 35.5 Å². The molecule has 2 spiro atoms. The Morgan fingerprint density at radius 1 is 0.735 bits per heavy atom. The standard InChI is InChI=1S/C13H14N2O4.C11H12N2OS/c16-12-13(15-7-14-12)1-2-17-9-6-11-10(5-8(9)13)18-3-4-19-11;14-10-11(13-7-12-10)5-6-15-9-4-2-1-3-8(9)11/h5-6,15H,1-4,7H2,(H,14,16);1-4,13H,5-7H2,(H,12,14). The molecule has 0 radical (unpaired) electrons. The third-order valence-corrected chi connectivity index (χ3v) is 8.05. The Bertz CT molecular complexity index is 1160. The molecular formula is C24H26N4O5S. The second kappa shape index (κ2) is 8.37. The molecule has 2 aromatic rings. The molecule has 5 heterocycles. The molecule has 5 aliphatic heterocycles. The summed E-state index contributed by atoms with van der Waals surface area (Å²) in [4.78, 5) is 25.3. The van der Waals surface area contributed by atoms with Gasteiger partial charge in [0.1, 0.15) is 30.0 Å². The fourth-order valence-corrected chi connectivity index (χ4v) is 6.42. The van der Waals surface area contributed by atoms with Gasteiger partial charge in [-0.2, -0.15) is 0 Å². The summed E-state index contributed by atoms with van der Waals surface area (Å²) in [5.41, 5.74) is 0.819. The molecule has 2 unspecified atom stereocenters. The molecular weight excluding hydrogens is 456 g/mol. The number of fused-ring (bicyclic) bond motifs is 5. The van der Waals surface area contributed by atoms with E-state index in [0.29, 0.717) is 56.8 Å². The van der Waals surface area contributed by atoms with E-state index in [-0.39, 0.29) is 11.8 Å². The number of hydrogen-bond donors (Lipinski definition) is 4. The monoisotopic (exact) mass is 482 g/mol. The third kappa shape index (κ3) is 3.31. The lowest BCUT2D eigenvalue weighted by atomic mass is 9.84. The summed E-state index contributed by atoms with van der Waals surface area (Å²) in [6, 6.07) is 11.9. The van der Waals surface area contributed by atoms with Gasteiger partial charge in [-0.15, -0.1) is 11.8 Å². The van der Waals surface area contributed by atoms with Crippen LogP contribution in [0.4, 0.5) is 0 Å². The van der Waals surface area contributed by atoms with Gasteiger partial charge < -0.3 is 24.8 Å². The van der Waals surface area contributed by atoms with Crippen molar-refractivity contribution >= 4 is 23.6 Å². The number of nitrogens with one attached hydrogen (secondary N) is 4. The number of hydrogen-bond acceptors (Lipinski definition) is 8. The van der Waals surface area contributed by atoms with Crippen LogP contribution >= 0.6 is 11.8 Å². The van der Waals surface area contributed by atoms with Gasteiger partial charge in [0, 0.05) is 28.7 Å². The molecule has 10 heteroatoms. The van der Waals surface area contributed by atoms with Gasteiger partial charge in [0.15, 0.2) is 11.5 Å². The van der Waals surface area contributed by atoms with Crippen LogP contribution in [0.1, 0.15) is 24.0 Å². The number of benzene rings is 2. The summed E-state index contributed by atoms with van der Waals surface area (Å²) in [6.45, 7) is 2.63. The Morgan fingerprint density at radius 3 is 2.09 bits per heavy atom. The number of rotatable bonds is 0. The zero-order chi connectivity index (χ0) is 23.2. The van der Waals surface area contributed by atoms with Gasteiger partial charge >= 0.3 is 0 Å². The summed E-state index contributed by atoms with van der Waals surface area (Å²) in [5, 5.41) is 12.2. The van der Waals surface area contributed by atoms with Crippen molar-refractivity contribution in [3.63, 3.8) is 0 Å². The van der Waals surface area contributed by atoms with Crippen LogP contribution in [0.5, 0.6) is 17.2 Å². The zero-order valence-corrected chi connectivity index (χ0v) is 19.4. The maximum Gasteiger partial charge on any atom is 0.246 e. The molecule has 0 bridgehead atoms. The Balaban J connectivity index is 0.000000132. The van der Waals surface area contributed by atoms with Gasteiger partial charge in [-0.05, 0) is 24.1 Å². The largest absolute Gasteiger partial charge is 0.493 e. The molecule has 0 saturated carbocycles. The molecule has 2 amide bonds. The van der Waals surface area contributed by atoms with Crippen molar-refractivity contribution in [3.8, 4) is 17.2 Å². The molecule has 2 saturated heterocycles. The molecule has 2 fully saturated rings. The van der Waals surface area contributed by atoms with Gasteiger partial charge in [0.25, 0.3) is 0 Å². The topological polar surface area (TPSA) is 110 Å². The van der Waals surface area contributed by atoms with E-state index in [0.717, 1.165) is 23.3 Å². The summed E-state index contributed by atoms with van der Waals surface area (Å²) < 4.78 is 16.8. The molecule has 7 rings (SSSR count). The fourth-order valence-electron chi connectivity index (χ4n) is 5.22. The van der Waals surface area contributed by atoms with Crippen molar-refractivity contribution in [1.29, 1.82) is 0 Å². The summed E-state index contributed by atoms with van der Waals surface area (Å²) in [6.07, 6.45) is 1.49. The fraction of sp³-hybridized carbons (Fsp3) is 0.417. The molecule has 5 aliphatic rings. The van der Waals surface area contributed by atoms with E-state index in [2.05, 4.69) is 33.4 Å². The van der Waals surface area contributed by atoms with Crippen molar-refractivity contribution in [1.82, 2.24) is 21.3 Å². The maximum atomic E-state index is 12.2. The predicted molar refractivity (Wildman–Crippen MR) is 125 cm³/mol. The minimum absolute atomic E-state index is 0.00581. The number of thioether (sulfide) groups is 1. The minimum atomic E-state index is -0.691. The van der Waals surface area contributed by atoms with Gasteiger partial charge in [0.2, 0.25) is 11.8 Å². The molecule has 178 valence electrons. The number of carbonyl (C=O) groups is 2. The number of ether oxygens (including phenoxy) is 3. The molecule has 34 heavy (non-hydrogen) atoms. The maximum absolute atomic E-state index is 12.2. The van der Waals surface area contributed by atoms with E-state index >= 15 is 0 Å². The highest BCUT2D eigenvalue weighted by Crippen LogP contribution is 2.45. The van der Waals surface area contributed by atoms with Crippen LogP contribution in [0.15, 0.2) is 41.3 Å². The lowest BCUT2D eigenvalue weighted by molar-refractivity contribution is -0.125. The van der Waals surface area contributed by atoms with Crippen molar-refractivity contribution in [3.05, 3.63) is 47.5 Å². The first-order valence-electron chi connectivity index (χ1n) is 11.5. The lowest BCUT2D eigenvalue weighted by Gasteiger charge is -2.34. The third-order valence-electron chi connectivity index (χ3n) is 6.97. The highest BCUT2D eigenvalue weighted by atomic mass is 32.2. The van der Waals surface area contributed by atoms with Crippen LogP contribution in [0.2, 0.25) is 0 Å². The molecule has 2 atom stereocenters. The van der Waals surface area contributed by atoms with Crippen LogP contribution in [-0.2, 0) is 20.7 Å². The van der Waals surface area contributed by atoms with Crippen molar-refractivity contribution in [2.24, 2.45) is 0 Å². The van der Waals surface area contributed by atoms with E-state index in [1.807, 2.05) is 36.0 Å². The quantitative estimate of drug-likeness (QED) is 0.443. The minimum Gasteiger partial charge on any atom is -0.493 e. The zero-order valence-electron chi connectivity index (χ0n) is 18.6. The summed E-state index contributed by atoms with van der Waals surface area (Å²) in [5.74, 6) is 3.16. The van der Waals surface area contributed by atoms with Gasteiger partial charge in [-0.25, -0.2) is 0 Å². The van der Waals surface area contributed by atoms with E-state index in [1.54, 1.807) is 0 Å². The lowest BCUT2D eigenvalue weighted by Crippen LogP contribution is -2.47. The van der Waals surface area contributed by atoms with Crippen molar-refractivity contribution in [2.75, 3.05) is 38.9 Å². The highest BCUT2D eigenvalue weighted by molar-refractivity contribution is 7.99. The highest BCUT2D eigenvalue weighted by Gasteiger charge is 2.48. The van der Waals surface area contributed by atoms with Crippen LogP contribution in [0, 0.1) is 0 Å². The molecule has 0 aliphatic carbocycles. The molecule has 9 nitrogen and oxygen atoms in total. The molecule has 4 N–H and O–H groups in total. The van der Waals surface area contributed by atoms with Crippen molar-refractivity contribution < 1.29 is 23.8 Å². The first-order chi connectivity index (χ1) is 16.6.